The second-order valence-corrected chi connectivity index (χ2v) is 2.56. The highest BCUT2D eigenvalue weighted by Crippen LogP contribution is 2.11. The van der Waals surface area contributed by atoms with Crippen LogP contribution in [0, 0.1) is 10.1 Å². The van der Waals surface area contributed by atoms with E-state index in [2.05, 4.69) is 0 Å². The van der Waals surface area contributed by atoms with Crippen molar-refractivity contribution in [3.05, 3.63) is 38.8 Å². The number of aromatic nitrogens is 1. The molecule has 0 aliphatic heterocycles. The van der Waals surface area contributed by atoms with Crippen molar-refractivity contribution in [2.75, 3.05) is 0 Å². The summed E-state index contributed by atoms with van der Waals surface area (Å²) in [5.74, 6) is -1.89. The number of nitrogens with zero attached hydrogens (tertiary/aromatic N) is 2. The van der Waals surface area contributed by atoms with Crippen LogP contribution in [0.15, 0.2) is 23.1 Å². The van der Waals surface area contributed by atoms with Gasteiger partial charge in [0.15, 0.2) is 0 Å². The quantitative estimate of drug-likeness (QED) is 0.578. The van der Waals surface area contributed by atoms with Crippen LogP contribution in [0.5, 0.6) is 0 Å². The molecule has 8 heteroatoms. The normalized spacial score (nSPS) is 12.1. The molecular weight excluding hydrogens is 211 g/mol. The summed E-state index contributed by atoms with van der Waals surface area (Å²) in [5, 5.41) is 18.6. The van der Waals surface area contributed by atoms with Crippen LogP contribution in [0.1, 0.15) is 6.30 Å². The van der Waals surface area contributed by atoms with E-state index in [-0.39, 0.29) is 4.57 Å². The molecule has 1 atom stereocenters. The van der Waals surface area contributed by atoms with Crippen LogP contribution in [0.3, 0.4) is 0 Å². The summed E-state index contributed by atoms with van der Waals surface area (Å²) in [5.41, 5.74) is -1.52. The standard InChI is InChI=1S/C7H5FN2O5/c8-6(7(12)13)9-3-4(10(14)15)1-2-5(9)11/h1-3,6H,(H,12,13). The van der Waals surface area contributed by atoms with Crippen molar-refractivity contribution < 1.29 is 19.2 Å². The fraction of sp³-hybridized carbons (Fsp3) is 0.143. The van der Waals surface area contributed by atoms with Crippen molar-refractivity contribution in [2.45, 2.75) is 6.30 Å². The zero-order valence-electron chi connectivity index (χ0n) is 7.16. The van der Waals surface area contributed by atoms with Crippen LogP contribution in [-0.4, -0.2) is 20.6 Å². The first kappa shape index (κ1) is 10.8. The molecule has 0 spiro atoms. The maximum Gasteiger partial charge on any atom is 0.360 e. The molecule has 7 nitrogen and oxygen atoms in total. The molecule has 15 heavy (non-hydrogen) atoms. The van der Waals surface area contributed by atoms with Gasteiger partial charge in [-0.1, -0.05) is 0 Å². The van der Waals surface area contributed by atoms with Crippen molar-refractivity contribution in [2.24, 2.45) is 0 Å². The Morgan fingerprint density at radius 2 is 2.20 bits per heavy atom. The first-order valence-electron chi connectivity index (χ1n) is 3.67. The number of nitro groups is 1. The van der Waals surface area contributed by atoms with Gasteiger partial charge in [0.2, 0.25) is 0 Å². The Morgan fingerprint density at radius 1 is 1.60 bits per heavy atom. The van der Waals surface area contributed by atoms with Crippen LogP contribution in [0.25, 0.3) is 0 Å². The number of carboxylic acids is 1. The Bertz CT molecular complexity index is 469. The van der Waals surface area contributed by atoms with Gasteiger partial charge in [0.25, 0.3) is 17.5 Å². The van der Waals surface area contributed by atoms with Gasteiger partial charge in [-0.25, -0.2) is 9.18 Å². The van der Waals surface area contributed by atoms with Gasteiger partial charge in [0, 0.05) is 12.1 Å². The van der Waals surface area contributed by atoms with E-state index in [1.807, 2.05) is 0 Å². The molecule has 0 aromatic carbocycles. The Balaban J connectivity index is 3.28. The Morgan fingerprint density at radius 3 is 2.67 bits per heavy atom. The second-order valence-electron chi connectivity index (χ2n) is 2.56. The number of rotatable bonds is 3. The van der Waals surface area contributed by atoms with Gasteiger partial charge in [-0.3, -0.25) is 19.5 Å². The summed E-state index contributed by atoms with van der Waals surface area (Å²) >= 11 is 0. The molecule has 1 unspecified atom stereocenters. The van der Waals surface area contributed by atoms with E-state index in [4.69, 9.17) is 5.11 Å². The third-order valence-electron chi connectivity index (χ3n) is 1.58. The SMILES string of the molecule is O=C(O)C(F)n1cc([N+](=O)[O-])ccc1=O. The molecule has 0 bridgehead atoms. The molecule has 1 rings (SSSR count). The van der Waals surface area contributed by atoms with Gasteiger partial charge in [-0.2, -0.15) is 0 Å². The maximum atomic E-state index is 12.9. The number of carbonyl (C=O) groups is 1. The van der Waals surface area contributed by atoms with Crippen molar-refractivity contribution in [1.82, 2.24) is 4.57 Å². The van der Waals surface area contributed by atoms with E-state index in [0.29, 0.717) is 6.20 Å². The van der Waals surface area contributed by atoms with Gasteiger partial charge in [0.1, 0.15) is 0 Å². The molecule has 1 N–H and O–H groups in total. The van der Waals surface area contributed by atoms with E-state index in [1.165, 1.54) is 0 Å². The van der Waals surface area contributed by atoms with Crippen LogP contribution in [0.2, 0.25) is 0 Å². The Kier molecular flexibility index (Phi) is 2.79. The summed E-state index contributed by atoms with van der Waals surface area (Å²) in [6.45, 7) is 0. The predicted octanol–water partition coefficient (Wildman–Crippen LogP) is 0.309. The van der Waals surface area contributed by atoms with Gasteiger partial charge >= 0.3 is 5.97 Å². The van der Waals surface area contributed by atoms with Crippen LogP contribution < -0.4 is 5.56 Å². The average molecular weight is 216 g/mol. The number of hydrogen-bond acceptors (Lipinski definition) is 4. The third-order valence-corrected chi connectivity index (χ3v) is 1.58. The summed E-state index contributed by atoms with van der Waals surface area (Å²) in [7, 11) is 0. The highest BCUT2D eigenvalue weighted by molar-refractivity contribution is 5.70. The lowest BCUT2D eigenvalue weighted by atomic mass is 10.4. The van der Waals surface area contributed by atoms with E-state index < -0.39 is 28.4 Å². The molecule has 80 valence electrons. The molecule has 0 radical (unpaired) electrons. The second kappa shape index (κ2) is 3.86. The monoisotopic (exact) mass is 216 g/mol. The minimum absolute atomic E-state index is 0.139. The van der Waals surface area contributed by atoms with Crippen molar-refractivity contribution >= 4 is 11.7 Å². The lowest BCUT2D eigenvalue weighted by Gasteiger charge is -2.05. The maximum absolute atomic E-state index is 12.9. The number of carboxylic acid groups (broad SMARTS) is 1. The van der Waals surface area contributed by atoms with Crippen molar-refractivity contribution in [3.63, 3.8) is 0 Å². The lowest BCUT2D eigenvalue weighted by Crippen LogP contribution is -2.26. The number of halogens is 1. The van der Waals surface area contributed by atoms with Crippen molar-refractivity contribution in [3.8, 4) is 0 Å². The zero-order chi connectivity index (χ0) is 11.6. The van der Waals surface area contributed by atoms with E-state index in [9.17, 15) is 24.1 Å². The molecule has 0 saturated carbocycles. The fourth-order valence-corrected chi connectivity index (χ4v) is 0.896. The molecule has 0 amide bonds. The van der Waals surface area contributed by atoms with Gasteiger partial charge < -0.3 is 5.11 Å². The van der Waals surface area contributed by atoms with E-state index in [1.54, 1.807) is 0 Å². The number of pyridine rings is 1. The molecule has 0 fully saturated rings. The fourth-order valence-electron chi connectivity index (χ4n) is 0.896. The predicted molar refractivity (Wildman–Crippen MR) is 45.1 cm³/mol. The molecule has 1 aromatic rings. The summed E-state index contributed by atoms with van der Waals surface area (Å²) in [6, 6.07) is 1.60. The minimum Gasteiger partial charge on any atom is -0.478 e. The number of aliphatic carboxylic acids is 1. The largest absolute Gasteiger partial charge is 0.478 e. The van der Waals surface area contributed by atoms with Crippen LogP contribution >= 0.6 is 0 Å². The molecule has 0 aliphatic rings. The van der Waals surface area contributed by atoms with Gasteiger partial charge in [-0.15, -0.1) is 0 Å². The topological polar surface area (TPSA) is 102 Å². The zero-order valence-corrected chi connectivity index (χ0v) is 7.16. The highest BCUT2D eigenvalue weighted by Gasteiger charge is 2.21. The lowest BCUT2D eigenvalue weighted by molar-refractivity contribution is -0.385. The number of hydrogen-bond donors (Lipinski definition) is 1. The first-order chi connectivity index (χ1) is 6.93. The highest BCUT2D eigenvalue weighted by atomic mass is 19.1. The Hall–Kier alpha value is -2.25. The molecule has 0 saturated heterocycles. The smallest absolute Gasteiger partial charge is 0.360 e. The van der Waals surface area contributed by atoms with Gasteiger partial charge in [-0.05, 0) is 0 Å². The van der Waals surface area contributed by atoms with Crippen LogP contribution in [0.4, 0.5) is 10.1 Å². The molecule has 1 aromatic heterocycles. The van der Waals surface area contributed by atoms with E-state index in [0.717, 1.165) is 12.1 Å². The molecule has 0 aliphatic carbocycles. The molecule has 1 heterocycles. The Labute approximate surface area is 81.5 Å². The third kappa shape index (κ3) is 2.16. The number of alkyl halides is 1. The van der Waals surface area contributed by atoms with Crippen LogP contribution in [-0.2, 0) is 4.79 Å². The van der Waals surface area contributed by atoms with E-state index >= 15 is 0 Å². The summed E-state index contributed by atoms with van der Waals surface area (Å²) < 4.78 is 13.0. The summed E-state index contributed by atoms with van der Waals surface area (Å²) in [4.78, 5) is 30.6. The van der Waals surface area contributed by atoms with Crippen molar-refractivity contribution in [1.29, 1.82) is 0 Å². The van der Waals surface area contributed by atoms with Gasteiger partial charge in [0.05, 0.1) is 11.1 Å². The molecular formula is C7H5FN2O5. The average Bonchev–Trinajstić information content (AvgIpc) is 2.16. The first-order valence-corrected chi connectivity index (χ1v) is 3.67. The minimum atomic E-state index is -2.63. The summed E-state index contributed by atoms with van der Waals surface area (Å²) in [6.07, 6.45) is -2.08.